The fourth-order valence-corrected chi connectivity index (χ4v) is 2.50. The zero-order valence-corrected chi connectivity index (χ0v) is 13.6. The van der Waals surface area contributed by atoms with Crippen LogP contribution in [0, 0.1) is 11.3 Å². The maximum absolute atomic E-state index is 12.5. The lowest BCUT2D eigenvalue weighted by molar-refractivity contribution is -0.138. The first-order chi connectivity index (χ1) is 11.7. The van der Waals surface area contributed by atoms with Crippen LogP contribution in [0.15, 0.2) is 66.2 Å². The zero-order valence-electron chi connectivity index (χ0n) is 13.6. The van der Waals surface area contributed by atoms with Crippen molar-refractivity contribution < 1.29 is 9.53 Å². The number of carbonyl (C=O) groups excluding carboxylic acids is 1. The van der Waals surface area contributed by atoms with Crippen LogP contribution >= 0.6 is 0 Å². The molecule has 0 amide bonds. The third kappa shape index (κ3) is 4.31. The molecule has 0 aromatic heterocycles. The minimum atomic E-state index is -0.771. The van der Waals surface area contributed by atoms with Gasteiger partial charge in [-0.1, -0.05) is 60.7 Å². The van der Waals surface area contributed by atoms with E-state index >= 15 is 0 Å². The fraction of sp³-hybridized carbons (Fsp3) is 0.200. The molecule has 0 saturated carbocycles. The number of esters is 1. The van der Waals surface area contributed by atoms with Crippen molar-refractivity contribution in [3.63, 3.8) is 0 Å². The topological polar surface area (TPSA) is 76.1 Å². The predicted octanol–water partition coefficient (Wildman–Crippen LogP) is 3.29. The van der Waals surface area contributed by atoms with E-state index in [1.165, 1.54) is 0 Å². The van der Waals surface area contributed by atoms with Crippen LogP contribution in [0.5, 0.6) is 0 Å². The molecule has 0 saturated heterocycles. The number of nitriles is 1. The normalized spacial score (nSPS) is 11.2. The number of benzene rings is 2. The smallest absolute Gasteiger partial charge is 0.334 e. The van der Waals surface area contributed by atoms with Gasteiger partial charge in [0.05, 0.1) is 18.7 Å². The number of rotatable bonds is 6. The Bertz CT molecular complexity index is 705. The van der Waals surface area contributed by atoms with Gasteiger partial charge in [-0.3, -0.25) is 0 Å². The van der Waals surface area contributed by atoms with Gasteiger partial charge in [0.2, 0.25) is 0 Å². The average molecular weight is 320 g/mol. The molecule has 1 unspecified atom stereocenters. The summed E-state index contributed by atoms with van der Waals surface area (Å²) in [6.07, 6.45) is 0.133. The summed E-state index contributed by atoms with van der Waals surface area (Å²) in [5.41, 5.74) is 8.74. The summed E-state index contributed by atoms with van der Waals surface area (Å²) in [5, 5.41) is 9.07. The van der Waals surface area contributed by atoms with Crippen LogP contribution < -0.4 is 5.73 Å². The van der Waals surface area contributed by atoms with E-state index in [9.17, 15) is 4.79 Å². The Morgan fingerprint density at radius 2 is 1.58 bits per heavy atom. The summed E-state index contributed by atoms with van der Waals surface area (Å²) in [5.74, 6) is -0.439. The van der Waals surface area contributed by atoms with Gasteiger partial charge in [-0.15, -0.1) is 0 Å². The van der Waals surface area contributed by atoms with Crippen LogP contribution in [0.1, 0.15) is 24.5 Å². The molecule has 24 heavy (non-hydrogen) atoms. The number of hydrogen-bond acceptors (Lipinski definition) is 4. The highest BCUT2D eigenvalue weighted by atomic mass is 16.5. The Morgan fingerprint density at radius 3 is 2.00 bits per heavy atom. The second-order valence-electron chi connectivity index (χ2n) is 5.25. The number of nitrogens with zero attached hydrogens (tertiary/aromatic N) is 1. The van der Waals surface area contributed by atoms with Crippen molar-refractivity contribution in [2.75, 3.05) is 6.61 Å². The van der Waals surface area contributed by atoms with Crippen molar-refractivity contribution in [2.24, 2.45) is 5.73 Å². The number of ether oxygens (including phenoxy) is 1. The summed E-state index contributed by atoms with van der Waals surface area (Å²) in [7, 11) is 0. The van der Waals surface area contributed by atoms with Crippen molar-refractivity contribution in [3.05, 3.63) is 77.4 Å². The van der Waals surface area contributed by atoms with E-state index in [4.69, 9.17) is 15.7 Å². The Morgan fingerprint density at radius 1 is 1.08 bits per heavy atom. The van der Waals surface area contributed by atoms with Gasteiger partial charge in [0, 0.05) is 12.0 Å². The first-order valence-electron chi connectivity index (χ1n) is 7.83. The molecule has 4 heteroatoms. The summed E-state index contributed by atoms with van der Waals surface area (Å²) < 4.78 is 5.21. The minimum Gasteiger partial charge on any atom is -0.463 e. The predicted molar refractivity (Wildman–Crippen MR) is 93.7 cm³/mol. The lowest BCUT2D eigenvalue weighted by Crippen LogP contribution is -2.22. The van der Waals surface area contributed by atoms with Crippen LogP contribution in [-0.2, 0) is 9.53 Å². The minimum absolute atomic E-state index is 0.133. The Balaban J connectivity index is 2.67. The molecule has 0 heterocycles. The van der Waals surface area contributed by atoms with Gasteiger partial charge in [-0.2, -0.15) is 5.26 Å². The Labute approximate surface area is 142 Å². The molecular weight excluding hydrogens is 300 g/mol. The molecule has 1 atom stereocenters. The second kappa shape index (κ2) is 8.66. The van der Waals surface area contributed by atoms with Gasteiger partial charge in [-0.25, -0.2) is 4.79 Å². The van der Waals surface area contributed by atoms with Crippen molar-refractivity contribution >= 4 is 11.5 Å². The van der Waals surface area contributed by atoms with Gasteiger partial charge in [-0.05, 0) is 23.6 Å². The molecule has 0 fully saturated rings. The van der Waals surface area contributed by atoms with Gasteiger partial charge in [0.15, 0.2) is 0 Å². The Hall–Kier alpha value is -2.90. The molecule has 0 aliphatic carbocycles. The first kappa shape index (κ1) is 17.5. The van der Waals surface area contributed by atoms with Crippen LogP contribution in [0.4, 0.5) is 0 Å². The van der Waals surface area contributed by atoms with Gasteiger partial charge in [0.1, 0.15) is 0 Å². The third-order valence-corrected chi connectivity index (χ3v) is 3.54. The van der Waals surface area contributed by atoms with Gasteiger partial charge < -0.3 is 10.5 Å². The van der Waals surface area contributed by atoms with E-state index in [-0.39, 0.29) is 13.0 Å². The molecule has 2 rings (SSSR count). The maximum Gasteiger partial charge on any atom is 0.334 e. The van der Waals surface area contributed by atoms with E-state index in [1.807, 2.05) is 66.7 Å². The fourth-order valence-electron chi connectivity index (χ4n) is 2.50. The van der Waals surface area contributed by atoms with Crippen LogP contribution in [-0.4, -0.2) is 18.6 Å². The first-order valence-corrected chi connectivity index (χ1v) is 7.83. The lowest BCUT2D eigenvalue weighted by Gasteiger charge is -2.16. The van der Waals surface area contributed by atoms with E-state index < -0.39 is 12.0 Å². The van der Waals surface area contributed by atoms with E-state index in [0.29, 0.717) is 5.57 Å². The van der Waals surface area contributed by atoms with Crippen molar-refractivity contribution in [3.8, 4) is 6.07 Å². The Kier molecular flexibility index (Phi) is 6.30. The van der Waals surface area contributed by atoms with E-state index in [1.54, 1.807) is 6.92 Å². The number of hydrogen-bond donors (Lipinski definition) is 1. The quantitative estimate of drug-likeness (QED) is 0.654. The number of nitrogens with two attached hydrogens (primary N) is 1. The van der Waals surface area contributed by atoms with Gasteiger partial charge in [0.25, 0.3) is 0 Å². The summed E-state index contributed by atoms with van der Waals surface area (Å²) in [6.45, 7) is 2.02. The highest BCUT2D eigenvalue weighted by molar-refractivity contribution is 6.02. The highest BCUT2D eigenvalue weighted by Crippen LogP contribution is 2.29. The van der Waals surface area contributed by atoms with Gasteiger partial charge >= 0.3 is 5.97 Å². The lowest BCUT2D eigenvalue weighted by atomic mass is 9.90. The molecule has 2 N–H and O–H groups in total. The molecular formula is C20H20N2O2. The molecule has 122 valence electrons. The molecule has 4 nitrogen and oxygen atoms in total. The molecule has 0 aliphatic heterocycles. The van der Waals surface area contributed by atoms with Crippen LogP contribution in [0.25, 0.3) is 5.57 Å². The molecule has 0 aliphatic rings. The summed E-state index contributed by atoms with van der Waals surface area (Å²) in [4.78, 5) is 12.5. The van der Waals surface area contributed by atoms with Crippen molar-refractivity contribution in [1.82, 2.24) is 0 Å². The largest absolute Gasteiger partial charge is 0.463 e. The maximum atomic E-state index is 12.5. The molecule has 2 aromatic rings. The SMILES string of the molecule is CCOC(=O)C(CC(N)C#N)=C(c1ccccc1)c1ccccc1. The van der Waals surface area contributed by atoms with Crippen molar-refractivity contribution in [1.29, 1.82) is 5.26 Å². The standard InChI is InChI=1S/C20H20N2O2/c1-2-24-20(23)18(13-17(22)14-21)19(15-9-5-3-6-10-15)16-11-7-4-8-12-16/h3-12,17H,2,13,22H2,1H3. The van der Waals surface area contributed by atoms with E-state index in [2.05, 4.69) is 0 Å². The molecule has 0 radical (unpaired) electrons. The molecule has 2 aromatic carbocycles. The highest BCUT2D eigenvalue weighted by Gasteiger charge is 2.21. The monoisotopic (exact) mass is 320 g/mol. The van der Waals surface area contributed by atoms with Crippen LogP contribution in [0.3, 0.4) is 0 Å². The summed E-state index contributed by atoms with van der Waals surface area (Å²) in [6, 6.07) is 20.4. The average Bonchev–Trinajstić information content (AvgIpc) is 2.63. The van der Waals surface area contributed by atoms with Crippen molar-refractivity contribution in [2.45, 2.75) is 19.4 Å². The second-order valence-corrected chi connectivity index (χ2v) is 5.25. The number of carbonyl (C=O) groups is 1. The third-order valence-electron chi connectivity index (χ3n) is 3.54. The molecule has 0 spiro atoms. The summed E-state index contributed by atoms with van der Waals surface area (Å²) >= 11 is 0. The van der Waals surface area contributed by atoms with E-state index in [0.717, 1.165) is 16.7 Å². The zero-order chi connectivity index (χ0) is 17.4. The van der Waals surface area contributed by atoms with Crippen LogP contribution in [0.2, 0.25) is 0 Å². The molecule has 0 bridgehead atoms.